The lowest BCUT2D eigenvalue weighted by Crippen LogP contribution is -2.52. The largest absolute Gasteiger partial charge is 0.490 e. The second-order valence-corrected chi connectivity index (χ2v) is 6.13. The summed E-state index contributed by atoms with van der Waals surface area (Å²) in [5.41, 5.74) is 1.50. The van der Waals surface area contributed by atoms with Crippen molar-refractivity contribution >= 4 is 17.5 Å². The van der Waals surface area contributed by atoms with E-state index in [1.54, 1.807) is 11.1 Å². The first-order chi connectivity index (χ1) is 11.6. The van der Waals surface area contributed by atoms with Gasteiger partial charge < -0.3 is 25.4 Å². The van der Waals surface area contributed by atoms with Gasteiger partial charge in [0.05, 0.1) is 11.7 Å². The summed E-state index contributed by atoms with van der Waals surface area (Å²) in [5, 5.41) is 16.5. The summed E-state index contributed by atoms with van der Waals surface area (Å²) in [4.78, 5) is 14.5. The Morgan fingerprint density at radius 1 is 1.38 bits per heavy atom. The fourth-order valence-corrected chi connectivity index (χ4v) is 3.34. The van der Waals surface area contributed by atoms with E-state index in [1.165, 1.54) is 0 Å². The molecule has 0 saturated carbocycles. The van der Waals surface area contributed by atoms with E-state index in [9.17, 15) is 9.90 Å². The number of amides is 1. The maximum atomic E-state index is 12.8. The van der Waals surface area contributed by atoms with Crippen LogP contribution in [0.2, 0.25) is 0 Å². The first-order valence-corrected chi connectivity index (χ1v) is 8.02. The summed E-state index contributed by atoms with van der Waals surface area (Å²) in [6.07, 6.45) is 5.84. The van der Waals surface area contributed by atoms with Gasteiger partial charge in [0, 0.05) is 11.8 Å². The summed E-state index contributed by atoms with van der Waals surface area (Å²) in [6.45, 7) is 0.136. The van der Waals surface area contributed by atoms with Gasteiger partial charge in [0.2, 0.25) is 0 Å². The number of benzene rings is 1. The molecule has 3 atom stereocenters. The zero-order valence-electron chi connectivity index (χ0n) is 12.6. The van der Waals surface area contributed by atoms with E-state index in [2.05, 4.69) is 10.6 Å². The monoisotopic (exact) mass is 345 g/mol. The molecule has 1 aromatic rings. The van der Waals surface area contributed by atoms with Crippen molar-refractivity contribution in [1.29, 1.82) is 0 Å². The zero-order valence-corrected chi connectivity index (χ0v) is 13.4. The molecule has 0 aromatic heterocycles. The van der Waals surface area contributed by atoms with Gasteiger partial charge in [-0.25, -0.2) is 0 Å². The number of rotatable bonds is 2. The molecule has 0 radical (unpaired) electrons. The fourth-order valence-electron chi connectivity index (χ4n) is 3.08. The van der Waals surface area contributed by atoms with Gasteiger partial charge in [-0.3, -0.25) is 4.79 Å². The van der Waals surface area contributed by atoms with Crippen molar-refractivity contribution in [3.05, 3.63) is 65.1 Å². The quantitative estimate of drug-likeness (QED) is 0.705. The maximum Gasteiger partial charge on any atom is 0.264 e. The summed E-state index contributed by atoms with van der Waals surface area (Å²) >= 11 is 6.17. The molecule has 7 heteroatoms. The number of carbonyl (C=O) groups is 1. The van der Waals surface area contributed by atoms with Crippen LogP contribution in [-0.4, -0.2) is 34.8 Å². The summed E-state index contributed by atoms with van der Waals surface area (Å²) in [5.74, 6) is 0.397. The molecule has 1 aromatic carbocycles. The Morgan fingerprint density at radius 2 is 2.21 bits per heavy atom. The number of ether oxygens (including phenoxy) is 1. The van der Waals surface area contributed by atoms with Crippen molar-refractivity contribution in [3.63, 3.8) is 0 Å². The van der Waals surface area contributed by atoms with Gasteiger partial charge in [-0.15, -0.1) is 0 Å². The highest BCUT2D eigenvalue weighted by Gasteiger charge is 2.37. The third kappa shape index (κ3) is 2.44. The maximum absolute atomic E-state index is 12.8. The van der Waals surface area contributed by atoms with Crippen molar-refractivity contribution < 1.29 is 14.6 Å². The van der Waals surface area contributed by atoms with E-state index >= 15 is 0 Å². The van der Waals surface area contributed by atoms with Crippen molar-refractivity contribution in [1.82, 2.24) is 15.5 Å². The van der Waals surface area contributed by atoms with Crippen molar-refractivity contribution in [2.75, 3.05) is 6.61 Å². The average Bonchev–Trinajstić information content (AvgIpc) is 2.95. The highest BCUT2D eigenvalue weighted by molar-refractivity contribution is 6.30. The van der Waals surface area contributed by atoms with Gasteiger partial charge in [-0.2, -0.15) is 0 Å². The first-order valence-electron chi connectivity index (χ1n) is 7.65. The van der Waals surface area contributed by atoms with Crippen molar-refractivity contribution in [2.24, 2.45) is 0 Å². The number of para-hydroxylation sites is 1. The Hall–Kier alpha value is -2.44. The number of halogens is 1. The minimum absolute atomic E-state index is 0.136. The van der Waals surface area contributed by atoms with E-state index < -0.39 is 18.3 Å². The van der Waals surface area contributed by atoms with Crippen LogP contribution in [0.3, 0.4) is 0 Å². The van der Waals surface area contributed by atoms with Gasteiger partial charge in [0.25, 0.3) is 5.91 Å². The standard InChI is InChI=1S/C17H16ClN3O3/c18-15-11-6-3-4-8-21(11)16(20-15)17(23)19-14-10-5-1-2-7-13(10)24-9-12(14)22/h1-8,12,14,16,20,22H,9H2,(H,19,23)/t12-,14+,16?/m1/s1. The number of carbonyl (C=O) groups excluding carboxylic acids is 1. The van der Waals surface area contributed by atoms with Crippen LogP contribution in [0.5, 0.6) is 5.75 Å². The number of allylic oxidation sites excluding steroid dienone is 3. The van der Waals surface area contributed by atoms with Crippen LogP contribution in [0.1, 0.15) is 11.6 Å². The van der Waals surface area contributed by atoms with Crippen LogP contribution in [-0.2, 0) is 4.79 Å². The molecular formula is C17H16ClN3O3. The predicted octanol–water partition coefficient (Wildman–Crippen LogP) is 1.32. The smallest absolute Gasteiger partial charge is 0.264 e. The molecule has 3 aliphatic heterocycles. The molecule has 0 spiro atoms. The molecule has 3 aliphatic rings. The Balaban J connectivity index is 1.55. The Morgan fingerprint density at radius 3 is 3.08 bits per heavy atom. The van der Waals surface area contributed by atoms with Crippen LogP contribution in [0.15, 0.2) is 59.5 Å². The molecule has 3 N–H and O–H groups in total. The van der Waals surface area contributed by atoms with Crippen LogP contribution in [0.25, 0.3) is 0 Å². The van der Waals surface area contributed by atoms with Gasteiger partial charge in [-0.05, 0) is 18.2 Å². The summed E-state index contributed by atoms with van der Waals surface area (Å²) in [6, 6.07) is 6.83. The molecule has 0 saturated heterocycles. The molecule has 1 unspecified atom stereocenters. The van der Waals surface area contributed by atoms with E-state index in [1.807, 2.05) is 42.5 Å². The average molecular weight is 346 g/mol. The number of nitrogens with one attached hydrogen (secondary N) is 2. The Labute approximate surface area is 144 Å². The van der Waals surface area contributed by atoms with Crippen LogP contribution in [0.4, 0.5) is 0 Å². The second-order valence-electron chi connectivity index (χ2n) is 5.76. The van der Waals surface area contributed by atoms with Gasteiger partial charge in [-0.1, -0.05) is 35.9 Å². The third-order valence-electron chi connectivity index (χ3n) is 4.25. The van der Waals surface area contributed by atoms with Crippen LogP contribution in [0, 0.1) is 0 Å². The number of aliphatic hydroxyl groups excluding tert-OH is 1. The van der Waals surface area contributed by atoms with E-state index in [4.69, 9.17) is 16.3 Å². The first kappa shape index (κ1) is 15.1. The van der Waals surface area contributed by atoms with Crippen molar-refractivity contribution in [2.45, 2.75) is 18.3 Å². The lowest BCUT2D eigenvalue weighted by molar-refractivity contribution is -0.127. The van der Waals surface area contributed by atoms with E-state index in [-0.39, 0.29) is 12.5 Å². The minimum Gasteiger partial charge on any atom is -0.490 e. The van der Waals surface area contributed by atoms with Crippen LogP contribution >= 0.6 is 11.6 Å². The number of fused-ring (bicyclic) bond motifs is 2. The lowest BCUT2D eigenvalue weighted by atomic mass is 9.98. The van der Waals surface area contributed by atoms with Crippen LogP contribution < -0.4 is 15.4 Å². The fraction of sp³-hybridized carbons (Fsp3) is 0.235. The summed E-state index contributed by atoms with van der Waals surface area (Å²) < 4.78 is 5.50. The number of hydrogen-bond donors (Lipinski definition) is 3. The molecule has 1 amide bonds. The SMILES string of the molecule is O=C(N[C@H]1c2ccccc2OC[C@H]1O)C1NC(Cl)=C2C=CC=CN21. The molecular weight excluding hydrogens is 330 g/mol. The Kier molecular flexibility index (Phi) is 3.70. The normalized spacial score (nSPS) is 27.2. The number of aliphatic hydroxyl groups is 1. The highest BCUT2D eigenvalue weighted by atomic mass is 35.5. The van der Waals surface area contributed by atoms with Gasteiger partial charge in [0.15, 0.2) is 6.17 Å². The molecule has 124 valence electrons. The number of nitrogens with zero attached hydrogens (tertiary/aromatic N) is 1. The van der Waals surface area contributed by atoms with E-state index in [0.717, 1.165) is 11.3 Å². The zero-order chi connectivity index (χ0) is 16.7. The topological polar surface area (TPSA) is 73.8 Å². The molecule has 24 heavy (non-hydrogen) atoms. The molecule has 6 nitrogen and oxygen atoms in total. The second kappa shape index (κ2) is 5.89. The summed E-state index contributed by atoms with van der Waals surface area (Å²) in [7, 11) is 0. The van der Waals surface area contributed by atoms with E-state index in [0.29, 0.717) is 10.9 Å². The number of hydrogen-bond acceptors (Lipinski definition) is 5. The van der Waals surface area contributed by atoms with Gasteiger partial charge >= 0.3 is 0 Å². The van der Waals surface area contributed by atoms with Crippen molar-refractivity contribution in [3.8, 4) is 5.75 Å². The third-order valence-corrected chi connectivity index (χ3v) is 4.55. The predicted molar refractivity (Wildman–Crippen MR) is 88.7 cm³/mol. The molecule has 0 aliphatic carbocycles. The minimum atomic E-state index is -0.815. The van der Waals surface area contributed by atoms with Gasteiger partial charge in [0.1, 0.15) is 23.6 Å². The molecule has 4 rings (SSSR count). The lowest BCUT2D eigenvalue weighted by Gasteiger charge is -2.33. The highest BCUT2D eigenvalue weighted by Crippen LogP contribution is 2.33. The Bertz CT molecular complexity index is 774. The molecule has 3 heterocycles. The molecule has 0 bridgehead atoms. The molecule has 0 fully saturated rings.